The van der Waals surface area contributed by atoms with E-state index in [1.807, 2.05) is 36.1 Å². The van der Waals surface area contributed by atoms with Crippen molar-refractivity contribution in [3.05, 3.63) is 78.0 Å². The van der Waals surface area contributed by atoms with E-state index in [4.69, 9.17) is 4.74 Å². The first-order valence-electron chi connectivity index (χ1n) is 11.5. The number of methoxy groups -OCH3 is 1. The minimum absolute atomic E-state index is 0.120. The van der Waals surface area contributed by atoms with Gasteiger partial charge in [0.2, 0.25) is 0 Å². The molecule has 0 aliphatic carbocycles. The van der Waals surface area contributed by atoms with Crippen LogP contribution in [0.5, 0.6) is 5.75 Å². The van der Waals surface area contributed by atoms with E-state index in [0.717, 1.165) is 29.9 Å². The van der Waals surface area contributed by atoms with Crippen LogP contribution >= 0.6 is 0 Å². The number of nitrogens with zero attached hydrogens (tertiary/aromatic N) is 3. The van der Waals surface area contributed by atoms with Gasteiger partial charge in [0.05, 0.1) is 12.6 Å². The summed E-state index contributed by atoms with van der Waals surface area (Å²) in [5.74, 6) is 0.207. The zero-order valence-electron chi connectivity index (χ0n) is 19.3. The van der Waals surface area contributed by atoms with Crippen LogP contribution in [0.4, 0.5) is 10.1 Å². The lowest BCUT2D eigenvalue weighted by molar-refractivity contribution is 0.0742. The van der Waals surface area contributed by atoms with Gasteiger partial charge in [0.25, 0.3) is 5.91 Å². The third-order valence-electron chi connectivity index (χ3n) is 6.52. The Morgan fingerprint density at radius 2 is 1.85 bits per heavy atom. The molecule has 0 radical (unpaired) electrons. The summed E-state index contributed by atoms with van der Waals surface area (Å²) >= 11 is 0. The Balaban J connectivity index is 1.48. The molecule has 3 heterocycles. The van der Waals surface area contributed by atoms with Crippen LogP contribution in [-0.2, 0) is 6.42 Å². The Bertz CT molecular complexity index is 1330. The number of aryl methyl sites for hydroxylation is 1. The molecule has 0 atom stereocenters. The van der Waals surface area contributed by atoms with Crippen molar-refractivity contribution in [1.29, 1.82) is 0 Å². The number of anilines is 1. The van der Waals surface area contributed by atoms with Crippen molar-refractivity contribution in [3.8, 4) is 16.9 Å². The van der Waals surface area contributed by atoms with E-state index in [9.17, 15) is 4.79 Å². The minimum Gasteiger partial charge on any atom is -0.496 e. The Morgan fingerprint density at radius 3 is 2.56 bits per heavy atom. The molecule has 4 aromatic rings. The van der Waals surface area contributed by atoms with E-state index in [1.165, 1.54) is 0 Å². The van der Waals surface area contributed by atoms with E-state index in [-0.39, 0.29) is 11.7 Å². The quantitative estimate of drug-likeness (QED) is 0.462. The highest BCUT2D eigenvalue weighted by molar-refractivity contribution is 6.04. The van der Waals surface area contributed by atoms with Gasteiger partial charge in [0.15, 0.2) is 0 Å². The van der Waals surface area contributed by atoms with Crippen molar-refractivity contribution < 1.29 is 13.9 Å². The number of aromatic nitrogens is 2. The van der Waals surface area contributed by atoms with Crippen molar-refractivity contribution in [2.45, 2.75) is 13.3 Å². The molecular weight excluding hydrogens is 431 g/mol. The Hall–Kier alpha value is -3.87. The average Bonchev–Trinajstić information content (AvgIpc) is 3.35. The zero-order chi connectivity index (χ0) is 23.7. The van der Waals surface area contributed by atoms with Gasteiger partial charge in [-0.1, -0.05) is 25.1 Å². The maximum absolute atomic E-state index is 15.3. The number of nitrogens with one attached hydrogen (secondary N) is 1. The Labute approximate surface area is 198 Å². The summed E-state index contributed by atoms with van der Waals surface area (Å²) in [6.07, 6.45) is 3.90. The fraction of sp³-hybridized carbons (Fsp3) is 0.259. The number of H-pyrrole nitrogens is 1. The van der Waals surface area contributed by atoms with Crippen LogP contribution in [0.2, 0.25) is 0 Å². The van der Waals surface area contributed by atoms with Gasteiger partial charge in [-0.15, -0.1) is 0 Å². The second kappa shape index (κ2) is 9.17. The standard InChI is InChI=1S/C27H27FN4O2/c1-3-18-15-20(22-17-29-10-9-24(22)34-2)21-16-23(30-26(21)25(18)28)27(33)32-13-11-31(12-14-32)19-7-5-4-6-8-19/h4-10,15-17,30H,3,11-14H2,1-2H3. The maximum Gasteiger partial charge on any atom is 0.270 e. The molecule has 2 aromatic heterocycles. The van der Waals surface area contributed by atoms with Gasteiger partial charge in [-0.25, -0.2) is 4.39 Å². The van der Waals surface area contributed by atoms with E-state index in [0.29, 0.717) is 47.4 Å². The smallest absolute Gasteiger partial charge is 0.270 e. The molecule has 1 amide bonds. The molecule has 174 valence electrons. The van der Waals surface area contributed by atoms with E-state index < -0.39 is 0 Å². The third-order valence-corrected chi connectivity index (χ3v) is 6.52. The summed E-state index contributed by atoms with van der Waals surface area (Å²) in [5.41, 5.74) is 4.02. The molecule has 6 nitrogen and oxygen atoms in total. The van der Waals surface area contributed by atoms with Crippen LogP contribution < -0.4 is 9.64 Å². The number of pyridine rings is 1. The van der Waals surface area contributed by atoms with Crippen LogP contribution in [0.1, 0.15) is 23.0 Å². The van der Waals surface area contributed by atoms with E-state index in [1.54, 1.807) is 31.6 Å². The van der Waals surface area contributed by atoms with Crippen LogP contribution in [0.3, 0.4) is 0 Å². The number of amides is 1. The summed E-state index contributed by atoms with van der Waals surface area (Å²) in [7, 11) is 1.60. The normalized spacial score (nSPS) is 14.0. The SMILES string of the molecule is CCc1cc(-c2cnccc2OC)c2cc(C(=O)N3CCN(c4ccccc4)CC3)[nH]c2c1F. The lowest BCUT2D eigenvalue weighted by atomic mass is 9.98. The second-order valence-electron chi connectivity index (χ2n) is 8.41. The van der Waals surface area contributed by atoms with Gasteiger partial charge in [-0.2, -0.15) is 0 Å². The number of para-hydroxylation sites is 1. The van der Waals surface area contributed by atoms with Gasteiger partial charge >= 0.3 is 0 Å². The van der Waals surface area contributed by atoms with Crippen molar-refractivity contribution in [2.75, 3.05) is 38.2 Å². The summed E-state index contributed by atoms with van der Waals surface area (Å²) in [6, 6.07) is 15.6. The molecule has 0 unspecified atom stereocenters. The molecule has 1 aliphatic rings. The van der Waals surface area contributed by atoms with Crippen molar-refractivity contribution >= 4 is 22.5 Å². The molecule has 0 bridgehead atoms. The first-order chi connectivity index (χ1) is 16.6. The fourth-order valence-corrected chi connectivity index (χ4v) is 4.65. The predicted molar refractivity (Wildman–Crippen MR) is 132 cm³/mol. The van der Waals surface area contributed by atoms with E-state index in [2.05, 4.69) is 27.0 Å². The topological polar surface area (TPSA) is 61.5 Å². The number of rotatable bonds is 5. The number of ether oxygens (including phenoxy) is 1. The number of hydrogen-bond acceptors (Lipinski definition) is 4. The van der Waals surface area contributed by atoms with Gasteiger partial charge in [-0.05, 0) is 47.9 Å². The van der Waals surface area contributed by atoms with Gasteiger partial charge in [-0.3, -0.25) is 9.78 Å². The number of fused-ring (bicyclic) bond motifs is 1. The fourth-order valence-electron chi connectivity index (χ4n) is 4.65. The van der Waals surface area contributed by atoms with Crippen LogP contribution in [0.15, 0.2) is 60.9 Å². The molecule has 1 fully saturated rings. The van der Waals surface area contributed by atoms with Crippen LogP contribution in [0.25, 0.3) is 22.0 Å². The molecule has 0 saturated carbocycles. The number of carbonyl (C=O) groups is 1. The number of carbonyl (C=O) groups excluding carboxylic acids is 1. The summed E-state index contributed by atoms with van der Waals surface area (Å²) in [4.78, 5) is 24.8. The monoisotopic (exact) mass is 458 g/mol. The summed E-state index contributed by atoms with van der Waals surface area (Å²) in [5, 5.41) is 0.646. The number of piperazine rings is 1. The average molecular weight is 459 g/mol. The molecular formula is C27H27FN4O2. The summed E-state index contributed by atoms with van der Waals surface area (Å²) < 4.78 is 20.8. The first kappa shape index (κ1) is 21.9. The lowest BCUT2D eigenvalue weighted by Crippen LogP contribution is -2.48. The lowest BCUT2D eigenvalue weighted by Gasteiger charge is -2.36. The molecule has 5 rings (SSSR count). The Kier molecular flexibility index (Phi) is 5.92. The highest BCUT2D eigenvalue weighted by Gasteiger charge is 2.25. The number of halogens is 1. The molecule has 1 saturated heterocycles. The minimum atomic E-state index is -0.322. The third kappa shape index (κ3) is 3.87. The maximum atomic E-state index is 15.3. The van der Waals surface area contributed by atoms with Crippen LogP contribution in [-0.4, -0.2) is 54.1 Å². The van der Waals surface area contributed by atoms with Crippen LogP contribution in [0, 0.1) is 5.82 Å². The summed E-state index contributed by atoms with van der Waals surface area (Å²) in [6.45, 7) is 4.63. The molecule has 1 N–H and O–H groups in total. The largest absolute Gasteiger partial charge is 0.496 e. The van der Waals surface area contributed by atoms with Crippen molar-refractivity contribution in [3.63, 3.8) is 0 Å². The van der Waals surface area contributed by atoms with Gasteiger partial charge in [0, 0.05) is 55.2 Å². The molecule has 1 aliphatic heterocycles. The first-order valence-corrected chi connectivity index (χ1v) is 11.5. The number of hydrogen-bond donors (Lipinski definition) is 1. The van der Waals surface area contributed by atoms with Gasteiger partial charge < -0.3 is 19.5 Å². The number of aromatic amines is 1. The highest BCUT2D eigenvalue weighted by Crippen LogP contribution is 2.37. The van der Waals surface area contributed by atoms with Gasteiger partial charge in [0.1, 0.15) is 17.3 Å². The molecule has 2 aromatic carbocycles. The number of benzene rings is 2. The molecule has 0 spiro atoms. The Morgan fingerprint density at radius 1 is 1.09 bits per heavy atom. The second-order valence-corrected chi connectivity index (χ2v) is 8.41. The predicted octanol–water partition coefficient (Wildman–Crippen LogP) is 4.90. The molecule has 7 heteroatoms. The van der Waals surface area contributed by atoms with Crippen molar-refractivity contribution in [2.24, 2.45) is 0 Å². The highest BCUT2D eigenvalue weighted by atomic mass is 19.1. The van der Waals surface area contributed by atoms with E-state index >= 15 is 4.39 Å². The molecule has 34 heavy (non-hydrogen) atoms. The van der Waals surface area contributed by atoms with Crippen molar-refractivity contribution in [1.82, 2.24) is 14.9 Å². The zero-order valence-corrected chi connectivity index (χ0v) is 19.3.